The van der Waals surface area contributed by atoms with Gasteiger partial charge in [-0.25, -0.2) is 4.42 Å². The maximum absolute atomic E-state index is 13.7. The average Bonchev–Trinajstić information content (AvgIpc) is 3.17. The molecule has 1 aromatic heterocycles. The Morgan fingerprint density at radius 3 is 1.83 bits per heavy atom. The van der Waals surface area contributed by atoms with Gasteiger partial charge in [-0.3, -0.25) is 9.59 Å². The fraction of sp³-hybridized carbons (Fsp3) is 0.0714. The summed E-state index contributed by atoms with van der Waals surface area (Å²) in [4.78, 5) is 27.4. The van der Waals surface area contributed by atoms with Gasteiger partial charge in [-0.2, -0.15) is 0 Å². The van der Waals surface area contributed by atoms with Crippen molar-refractivity contribution in [3.63, 3.8) is 0 Å². The lowest BCUT2D eigenvalue weighted by atomic mass is 9.97. The van der Waals surface area contributed by atoms with E-state index in [1.807, 2.05) is 103 Å². The highest BCUT2D eigenvalue weighted by Gasteiger charge is 2.24. The monoisotopic (exact) mass is 943 g/mol. The van der Waals surface area contributed by atoms with Gasteiger partial charge in [-0.1, -0.05) is 36.4 Å². The zero-order chi connectivity index (χ0) is 36.5. The lowest BCUT2D eigenvalue weighted by Gasteiger charge is -2.22. The average molecular weight is 947 g/mol. The lowest BCUT2D eigenvalue weighted by molar-refractivity contribution is 0.404. The van der Waals surface area contributed by atoms with Crippen LogP contribution in [0.1, 0.15) is 16.7 Å². The Hall–Kier alpha value is -4.35. The van der Waals surface area contributed by atoms with Gasteiger partial charge in [0.1, 0.15) is 28.6 Å². The summed E-state index contributed by atoms with van der Waals surface area (Å²) in [7, 11) is 3.20. The molecule has 1 aliphatic heterocycles. The summed E-state index contributed by atoms with van der Waals surface area (Å²) in [5.41, 5.74) is 3.05. The first-order valence-corrected chi connectivity index (χ1v) is 19.1. The molecule has 6 aromatic rings. The quantitative estimate of drug-likeness (QED) is 0.142. The predicted molar refractivity (Wildman–Crippen MR) is 220 cm³/mol. The van der Waals surface area contributed by atoms with Crippen LogP contribution >= 0.6 is 63.7 Å². The molecular weight excluding hydrogens is 920 g/mol. The Kier molecular flexibility index (Phi) is 10.6. The molecule has 0 spiro atoms. The number of rotatable bonds is 8. The minimum Gasteiger partial charge on any atom is -0.496 e. The second-order valence-electron chi connectivity index (χ2n) is 11.8. The van der Waals surface area contributed by atoms with Gasteiger partial charge in [0.25, 0.3) is 0 Å². The highest BCUT2D eigenvalue weighted by molar-refractivity contribution is 9.13. The Morgan fingerprint density at radius 2 is 1.17 bits per heavy atom. The van der Waals surface area contributed by atoms with Crippen LogP contribution in [0.15, 0.2) is 141 Å². The SMILES string of the molecule is COc1ccccc1C1=CC(C=c2c(=O)c(=Cc3cc(-c4ccc(Br)c(Br)c4)[o+]c(-c4ccccc4OC)c3)c2=O)C=C(c2ccc(Br)c(Br)c2)O1. The molecule has 7 rings (SSSR count). The highest BCUT2D eigenvalue weighted by Crippen LogP contribution is 2.38. The molecule has 52 heavy (non-hydrogen) atoms. The molecule has 1 unspecified atom stereocenters. The summed E-state index contributed by atoms with van der Waals surface area (Å²) < 4.78 is 27.5. The number of methoxy groups -OCH3 is 2. The number of para-hydroxylation sites is 2. The van der Waals surface area contributed by atoms with Crippen molar-refractivity contribution in [2.45, 2.75) is 0 Å². The molecular formula is C42H27Br4O6+. The molecule has 1 atom stereocenters. The number of hydrogen-bond acceptors (Lipinski definition) is 5. The molecule has 0 saturated carbocycles. The van der Waals surface area contributed by atoms with Crippen LogP contribution in [0.5, 0.6) is 11.5 Å². The Balaban J connectivity index is 1.34. The molecule has 0 N–H and O–H groups in total. The smallest absolute Gasteiger partial charge is 0.365 e. The van der Waals surface area contributed by atoms with Crippen LogP contribution in [0.2, 0.25) is 0 Å². The van der Waals surface area contributed by atoms with Gasteiger partial charge in [-0.05, 0) is 142 Å². The Labute approximate surface area is 332 Å². The first kappa shape index (κ1) is 36.0. The van der Waals surface area contributed by atoms with Crippen LogP contribution in [0.4, 0.5) is 0 Å². The van der Waals surface area contributed by atoms with Crippen LogP contribution in [0.25, 0.3) is 46.3 Å². The van der Waals surface area contributed by atoms with E-state index < -0.39 is 5.92 Å². The zero-order valence-electron chi connectivity index (χ0n) is 27.6. The minimum absolute atomic E-state index is 0.0911. The number of ether oxygens (including phenoxy) is 3. The van der Waals surface area contributed by atoms with Crippen molar-refractivity contribution in [2.24, 2.45) is 5.92 Å². The van der Waals surface area contributed by atoms with E-state index in [2.05, 4.69) is 63.7 Å². The second-order valence-corrected chi connectivity index (χ2v) is 15.2. The molecule has 1 aliphatic rings. The molecule has 0 bridgehead atoms. The van der Waals surface area contributed by atoms with Crippen molar-refractivity contribution in [3.05, 3.63) is 175 Å². The van der Waals surface area contributed by atoms with Gasteiger partial charge < -0.3 is 14.2 Å². The maximum Gasteiger partial charge on any atom is 0.365 e. The normalized spacial score (nSPS) is 13.9. The van der Waals surface area contributed by atoms with E-state index in [1.54, 1.807) is 32.4 Å². The van der Waals surface area contributed by atoms with E-state index in [4.69, 9.17) is 18.6 Å². The van der Waals surface area contributed by atoms with E-state index in [0.717, 1.165) is 40.1 Å². The second kappa shape index (κ2) is 15.3. The van der Waals surface area contributed by atoms with Crippen molar-refractivity contribution >= 4 is 87.4 Å². The zero-order valence-corrected chi connectivity index (χ0v) is 33.9. The van der Waals surface area contributed by atoms with Crippen molar-refractivity contribution < 1.29 is 18.6 Å². The summed E-state index contributed by atoms with van der Waals surface area (Å²) in [6.07, 6.45) is 7.09. The summed E-state index contributed by atoms with van der Waals surface area (Å²) >= 11 is 14.2. The molecule has 258 valence electrons. The van der Waals surface area contributed by atoms with E-state index in [-0.39, 0.29) is 21.3 Å². The molecule has 0 fully saturated rings. The van der Waals surface area contributed by atoms with Crippen molar-refractivity contribution in [2.75, 3.05) is 14.2 Å². The van der Waals surface area contributed by atoms with E-state index >= 15 is 0 Å². The molecule has 0 amide bonds. The maximum atomic E-state index is 13.7. The van der Waals surface area contributed by atoms with Crippen molar-refractivity contribution in [1.82, 2.24) is 0 Å². The molecule has 6 nitrogen and oxygen atoms in total. The van der Waals surface area contributed by atoms with Gasteiger partial charge in [0, 0.05) is 29.4 Å². The van der Waals surface area contributed by atoms with Crippen LogP contribution in [-0.4, -0.2) is 14.2 Å². The Morgan fingerprint density at radius 1 is 0.615 bits per heavy atom. The van der Waals surface area contributed by atoms with Crippen molar-refractivity contribution in [1.29, 1.82) is 0 Å². The largest absolute Gasteiger partial charge is 0.496 e. The Bertz CT molecular complexity index is 2600. The van der Waals surface area contributed by atoms with Gasteiger partial charge in [0.2, 0.25) is 10.9 Å². The summed E-state index contributed by atoms with van der Waals surface area (Å²) in [5.74, 6) is 3.03. The number of halogens is 4. The van der Waals surface area contributed by atoms with Crippen LogP contribution in [0.3, 0.4) is 0 Å². The van der Waals surface area contributed by atoms with Crippen LogP contribution in [0, 0.1) is 5.92 Å². The third-order valence-corrected chi connectivity index (χ3v) is 12.3. The van der Waals surface area contributed by atoms with Crippen LogP contribution < -0.4 is 30.8 Å². The van der Waals surface area contributed by atoms with E-state index in [1.165, 1.54) is 0 Å². The van der Waals surface area contributed by atoms with Gasteiger partial charge >= 0.3 is 11.5 Å². The van der Waals surface area contributed by atoms with E-state index in [9.17, 15) is 9.59 Å². The fourth-order valence-electron chi connectivity index (χ4n) is 5.93. The minimum atomic E-state index is -0.425. The fourth-order valence-corrected chi connectivity index (χ4v) is 7.18. The van der Waals surface area contributed by atoms with E-state index in [0.29, 0.717) is 40.1 Å². The lowest BCUT2D eigenvalue weighted by Crippen LogP contribution is -2.64. The first-order chi connectivity index (χ1) is 25.1. The third-order valence-electron chi connectivity index (χ3n) is 8.52. The standard InChI is InChI=1S/C42H27Br4O6/c1-49-35-9-5-3-7-27(35)39-19-23(17-37(51-39)25-11-13-31(43)33(45)21-25)15-29-41(47)30(42(29)48)16-24-18-38(26-12-14-32(44)34(46)22-26)52-40(20-24)28-8-4-6-10-36(28)50-2/h3-23H,1-2H3/q+1. The summed E-state index contributed by atoms with van der Waals surface area (Å²) in [6, 6.07) is 30.2. The number of allylic oxidation sites excluding steroid dienone is 2. The first-order valence-electron chi connectivity index (χ1n) is 15.9. The summed E-state index contributed by atoms with van der Waals surface area (Å²) in [5, 5.41) is 0.206. The molecule has 10 heteroatoms. The van der Waals surface area contributed by atoms with Crippen LogP contribution in [-0.2, 0) is 4.74 Å². The predicted octanol–water partition coefficient (Wildman–Crippen LogP) is 9.90. The number of hydrogen-bond donors (Lipinski definition) is 0. The highest BCUT2D eigenvalue weighted by atomic mass is 79.9. The topological polar surface area (TPSA) is 73.1 Å². The van der Waals surface area contributed by atoms with Gasteiger partial charge in [-0.15, -0.1) is 0 Å². The molecule has 0 radical (unpaired) electrons. The number of benzene rings is 4. The van der Waals surface area contributed by atoms with Crippen molar-refractivity contribution in [3.8, 4) is 34.1 Å². The molecule has 0 aliphatic carbocycles. The third kappa shape index (κ3) is 7.30. The molecule has 5 aromatic carbocycles. The van der Waals surface area contributed by atoms with Gasteiger partial charge in [0.15, 0.2) is 0 Å². The van der Waals surface area contributed by atoms with Gasteiger partial charge in [0.05, 0.1) is 47.9 Å². The summed E-state index contributed by atoms with van der Waals surface area (Å²) in [6.45, 7) is 0. The molecule has 2 heterocycles. The molecule has 0 saturated heterocycles.